The van der Waals surface area contributed by atoms with Crippen LogP contribution in [0.4, 0.5) is 0 Å². The highest BCUT2D eigenvalue weighted by molar-refractivity contribution is 7.89. The molecule has 1 amide bonds. The third kappa shape index (κ3) is 5.88. The quantitative estimate of drug-likeness (QED) is 0.725. The van der Waals surface area contributed by atoms with E-state index >= 15 is 0 Å². The van der Waals surface area contributed by atoms with Crippen molar-refractivity contribution in [1.29, 1.82) is 0 Å². The van der Waals surface area contributed by atoms with Crippen molar-refractivity contribution in [1.82, 2.24) is 10.0 Å². The minimum atomic E-state index is -3.84. The molecule has 0 unspecified atom stereocenters. The van der Waals surface area contributed by atoms with E-state index in [9.17, 15) is 18.0 Å². The number of hydrogen-bond acceptors (Lipinski definition) is 4. The van der Waals surface area contributed by atoms with Gasteiger partial charge in [-0.3, -0.25) is 9.59 Å². The molecular weight excluding hydrogens is 376 g/mol. The SMILES string of the molecule is CC(=O)[C@@H](NC(=O)[C@@H](NS(=O)(=O)c1ccccc1)C1CCCCC1)C(C)(C)C. The van der Waals surface area contributed by atoms with Crippen molar-refractivity contribution in [3.8, 4) is 0 Å². The Kier molecular flexibility index (Phi) is 7.39. The molecule has 0 radical (unpaired) electrons. The number of carbonyl (C=O) groups is 2. The fraction of sp³-hybridized carbons (Fsp3) is 0.619. The largest absolute Gasteiger partial charge is 0.344 e. The van der Waals surface area contributed by atoms with Crippen LogP contribution >= 0.6 is 0 Å². The molecule has 0 aliphatic heterocycles. The van der Waals surface area contributed by atoms with Crippen LogP contribution < -0.4 is 10.0 Å². The van der Waals surface area contributed by atoms with Gasteiger partial charge in [-0.05, 0) is 43.2 Å². The van der Waals surface area contributed by atoms with Crippen molar-refractivity contribution in [3.63, 3.8) is 0 Å². The van der Waals surface area contributed by atoms with Crippen LogP contribution in [-0.4, -0.2) is 32.2 Å². The lowest BCUT2D eigenvalue weighted by atomic mass is 9.82. The van der Waals surface area contributed by atoms with Crippen molar-refractivity contribution < 1.29 is 18.0 Å². The Labute approximate surface area is 168 Å². The molecule has 1 saturated carbocycles. The third-order valence-electron chi connectivity index (χ3n) is 5.30. The average molecular weight is 409 g/mol. The summed E-state index contributed by atoms with van der Waals surface area (Å²) in [5, 5.41) is 2.81. The Morgan fingerprint density at radius 1 is 1.04 bits per heavy atom. The van der Waals surface area contributed by atoms with E-state index in [0.717, 1.165) is 32.1 Å². The van der Waals surface area contributed by atoms with Crippen LogP contribution in [0.2, 0.25) is 0 Å². The number of sulfonamides is 1. The second kappa shape index (κ2) is 9.18. The smallest absolute Gasteiger partial charge is 0.241 e. The molecule has 1 aliphatic carbocycles. The van der Waals surface area contributed by atoms with Crippen molar-refractivity contribution >= 4 is 21.7 Å². The van der Waals surface area contributed by atoms with E-state index in [1.807, 2.05) is 20.8 Å². The van der Waals surface area contributed by atoms with Gasteiger partial charge in [-0.25, -0.2) is 8.42 Å². The zero-order valence-corrected chi connectivity index (χ0v) is 18.0. The van der Waals surface area contributed by atoms with Crippen LogP contribution in [0.1, 0.15) is 59.8 Å². The molecule has 28 heavy (non-hydrogen) atoms. The van der Waals surface area contributed by atoms with Crippen LogP contribution in [0.15, 0.2) is 35.2 Å². The number of carbonyl (C=O) groups excluding carboxylic acids is 2. The lowest BCUT2D eigenvalue weighted by Crippen LogP contribution is -2.57. The first-order chi connectivity index (χ1) is 13.0. The standard InChI is InChI=1S/C21H32N2O4S/c1-15(24)19(21(2,3)4)22-20(25)18(16-11-7-5-8-12-16)23-28(26,27)17-13-9-6-10-14-17/h6,9-10,13-14,16,18-19,23H,5,7-8,11-12H2,1-4H3,(H,22,25)/t18-,19+/m0/s1. The first-order valence-corrected chi connectivity index (χ1v) is 11.4. The molecule has 156 valence electrons. The van der Waals surface area contributed by atoms with Crippen LogP contribution in [-0.2, 0) is 19.6 Å². The van der Waals surface area contributed by atoms with E-state index in [-0.39, 0.29) is 16.6 Å². The second-order valence-corrected chi connectivity index (χ2v) is 10.4. The molecule has 1 aliphatic rings. The Bertz CT molecular complexity index is 778. The van der Waals surface area contributed by atoms with Gasteiger partial charge in [-0.2, -0.15) is 4.72 Å². The molecule has 2 atom stereocenters. The predicted octanol–water partition coefficient (Wildman–Crippen LogP) is 3.03. The number of hydrogen-bond donors (Lipinski definition) is 2. The summed E-state index contributed by atoms with van der Waals surface area (Å²) in [6, 6.07) is 6.48. The van der Waals surface area contributed by atoms with Crippen LogP contribution in [0.25, 0.3) is 0 Å². The number of Topliss-reactive ketones (excluding diaryl/α,β-unsaturated/α-hetero) is 1. The minimum absolute atomic E-state index is 0.0835. The lowest BCUT2D eigenvalue weighted by molar-refractivity contribution is -0.131. The topological polar surface area (TPSA) is 92.3 Å². The van der Waals surface area contributed by atoms with E-state index in [2.05, 4.69) is 10.0 Å². The molecule has 7 heteroatoms. The van der Waals surface area contributed by atoms with Crippen molar-refractivity contribution in [2.75, 3.05) is 0 Å². The number of nitrogens with one attached hydrogen (secondary N) is 2. The van der Waals surface area contributed by atoms with E-state index in [1.54, 1.807) is 18.2 Å². The van der Waals surface area contributed by atoms with Gasteiger partial charge in [-0.15, -0.1) is 0 Å². The van der Waals surface area contributed by atoms with Crippen LogP contribution in [0.5, 0.6) is 0 Å². The number of amides is 1. The Morgan fingerprint density at radius 2 is 1.61 bits per heavy atom. The molecule has 1 aromatic carbocycles. The van der Waals surface area contributed by atoms with Crippen molar-refractivity contribution in [2.24, 2.45) is 11.3 Å². The molecule has 0 saturated heterocycles. The Morgan fingerprint density at radius 3 is 2.11 bits per heavy atom. The monoisotopic (exact) mass is 408 g/mol. The fourth-order valence-corrected chi connectivity index (χ4v) is 5.11. The summed E-state index contributed by atoms with van der Waals surface area (Å²) in [6.45, 7) is 7.08. The van der Waals surface area contributed by atoms with E-state index in [1.165, 1.54) is 19.1 Å². The average Bonchev–Trinajstić information content (AvgIpc) is 2.64. The van der Waals surface area contributed by atoms with Crippen LogP contribution in [0, 0.1) is 11.3 Å². The molecule has 1 fully saturated rings. The van der Waals surface area contributed by atoms with E-state index in [0.29, 0.717) is 0 Å². The first-order valence-electron chi connectivity index (χ1n) is 9.90. The van der Waals surface area contributed by atoms with Crippen molar-refractivity contribution in [2.45, 2.75) is 76.8 Å². The van der Waals surface area contributed by atoms with Gasteiger partial charge in [0.05, 0.1) is 10.9 Å². The summed E-state index contributed by atoms with van der Waals surface area (Å²) < 4.78 is 28.3. The molecule has 2 rings (SSSR count). The molecule has 0 bridgehead atoms. The van der Waals surface area contributed by atoms with Gasteiger partial charge in [0.2, 0.25) is 15.9 Å². The van der Waals surface area contributed by atoms with Gasteiger partial charge < -0.3 is 5.32 Å². The maximum atomic E-state index is 13.1. The van der Waals surface area contributed by atoms with Gasteiger partial charge in [0.25, 0.3) is 0 Å². The first kappa shape index (κ1) is 22.6. The maximum absolute atomic E-state index is 13.1. The number of benzene rings is 1. The summed E-state index contributed by atoms with van der Waals surface area (Å²) in [4.78, 5) is 25.3. The lowest BCUT2D eigenvalue weighted by Gasteiger charge is -2.34. The highest BCUT2D eigenvalue weighted by atomic mass is 32.2. The van der Waals surface area contributed by atoms with Gasteiger partial charge in [0.15, 0.2) is 5.78 Å². The number of rotatable bonds is 7. The maximum Gasteiger partial charge on any atom is 0.241 e. The number of ketones is 1. The molecule has 0 heterocycles. The third-order valence-corrected chi connectivity index (χ3v) is 6.76. The minimum Gasteiger partial charge on any atom is -0.344 e. The molecule has 0 aromatic heterocycles. The summed E-state index contributed by atoms with van der Waals surface area (Å²) in [6.07, 6.45) is 4.60. The van der Waals surface area contributed by atoms with E-state index < -0.39 is 33.4 Å². The summed E-state index contributed by atoms with van der Waals surface area (Å²) >= 11 is 0. The Balaban J connectivity index is 2.29. The van der Waals surface area contributed by atoms with E-state index in [4.69, 9.17) is 0 Å². The molecule has 1 aromatic rings. The summed E-state index contributed by atoms with van der Waals surface area (Å²) in [5.74, 6) is -0.657. The van der Waals surface area contributed by atoms with Gasteiger partial charge in [0, 0.05) is 0 Å². The molecule has 0 spiro atoms. The second-order valence-electron chi connectivity index (χ2n) is 8.73. The van der Waals surface area contributed by atoms with Crippen LogP contribution in [0.3, 0.4) is 0 Å². The highest BCUT2D eigenvalue weighted by Crippen LogP contribution is 2.28. The Hall–Kier alpha value is -1.73. The highest BCUT2D eigenvalue weighted by Gasteiger charge is 2.37. The zero-order valence-electron chi connectivity index (χ0n) is 17.2. The normalized spacial score (nSPS) is 18.3. The molecule has 2 N–H and O–H groups in total. The predicted molar refractivity (Wildman–Crippen MR) is 109 cm³/mol. The fourth-order valence-electron chi connectivity index (χ4n) is 3.83. The van der Waals surface area contributed by atoms with Gasteiger partial charge >= 0.3 is 0 Å². The zero-order chi connectivity index (χ0) is 20.9. The summed E-state index contributed by atoms with van der Waals surface area (Å²) in [5.41, 5.74) is -0.461. The molecular formula is C21H32N2O4S. The van der Waals surface area contributed by atoms with Gasteiger partial charge in [-0.1, -0.05) is 58.2 Å². The van der Waals surface area contributed by atoms with Gasteiger partial charge in [0.1, 0.15) is 6.04 Å². The van der Waals surface area contributed by atoms with Crippen molar-refractivity contribution in [3.05, 3.63) is 30.3 Å². The summed E-state index contributed by atoms with van der Waals surface area (Å²) in [7, 11) is -3.84. The molecule has 6 nitrogen and oxygen atoms in total.